The number of aromatic nitrogens is 2. The minimum Gasteiger partial charge on any atom is -0.494 e. The molecule has 0 amide bonds. The van der Waals surface area contributed by atoms with Gasteiger partial charge in [0.1, 0.15) is 17.4 Å². The third-order valence-corrected chi connectivity index (χ3v) is 2.21. The van der Waals surface area contributed by atoms with Crippen molar-refractivity contribution in [3.8, 4) is 16.9 Å². The lowest BCUT2D eigenvalue weighted by atomic mass is 10.1. The molecule has 2 rings (SSSR count). The van der Waals surface area contributed by atoms with E-state index in [-0.39, 0.29) is 5.82 Å². The van der Waals surface area contributed by atoms with E-state index in [4.69, 9.17) is 10.5 Å². The second-order valence-corrected chi connectivity index (χ2v) is 3.27. The highest BCUT2D eigenvalue weighted by Crippen LogP contribution is 2.28. The lowest BCUT2D eigenvalue weighted by Crippen LogP contribution is -1.94. The molecular formula is C11H12FN3O. The summed E-state index contributed by atoms with van der Waals surface area (Å²) in [6.07, 6.45) is 1.49. The second-order valence-electron chi connectivity index (χ2n) is 3.27. The normalized spacial score (nSPS) is 10.4. The van der Waals surface area contributed by atoms with Crippen LogP contribution in [0, 0.1) is 5.82 Å². The van der Waals surface area contributed by atoms with Gasteiger partial charge in [0.25, 0.3) is 0 Å². The lowest BCUT2D eigenvalue weighted by Gasteiger charge is -2.06. The highest BCUT2D eigenvalue weighted by Gasteiger charge is 2.10. The number of hydrogen-bond acceptors (Lipinski definition) is 3. The Bertz CT molecular complexity index is 496. The Morgan fingerprint density at radius 1 is 1.44 bits per heavy atom. The fourth-order valence-electron chi connectivity index (χ4n) is 1.48. The fourth-order valence-corrected chi connectivity index (χ4v) is 1.48. The molecule has 3 N–H and O–H groups in total. The van der Waals surface area contributed by atoms with E-state index in [1.54, 1.807) is 12.1 Å². The maximum absolute atomic E-state index is 13.7. The van der Waals surface area contributed by atoms with E-state index < -0.39 is 0 Å². The molecule has 0 aliphatic carbocycles. The van der Waals surface area contributed by atoms with Crippen LogP contribution in [0.1, 0.15) is 6.92 Å². The highest BCUT2D eigenvalue weighted by molar-refractivity contribution is 5.73. The van der Waals surface area contributed by atoms with Crippen LogP contribution in [-0.2, 0) is 0 Å². The molecule has 0 fully saturated rings. The zero-order valence-corrected chi connectivity index (χ0v) is 8.83. The molecule has 0 aliphatic rings. The van der Waals surface area contributed by atoms with Crippen molar-refractivity contribution in [3.05, 3.63) is 30.2 Å². The Labute approximate surface area is 92.2 Å². The third-order valence-electron chi connectivity index (χ3n) is 2.21. The summed E-state index contributed by atoms with van der Waals surface area (Å²) in [4.78, 5) is 0. The van der Waals surface area contributed by atoms with E-state index in [0.29, 0.717) is 29.3 Å². The van der Waals surface area contributed by atoms with Gasteiger partial charge >= 0.3 is 0 Å². The van der Waals surface area contributed by atoms with Crippen LogP contribution in [0.25, 0.3) is 11.1 Å². The maximum atomic E-state index is 13.7. The number of aromatic amines is 1. The van der Waals surface area contributed by atoms with Gasteiger partial charge in [-0.2, -0.15) is 5.10 Å². The summed E-state index contributed by atoms with van der Waals surface area (Å²) in [5, 5.41) is 6.31. The number of anilines is 1. The summed E-state index contributed by atoms with van der Waals surface area (Å²) in [5.41, 5.74) is 6.59. The van der Waals surface area contributed by atoms with Gasteiger partial charge in [-0.1, -0.05) is 0 Å². The van der Waals surface area contributed by atoms with Crippen LogP contribution < -0.4 is 10.5 Å². The van der Waals surface area contributed by atoms with Gasteiger partial charge in [0.2, 0.25) is 0 Å². The first kappa shape index (κ1) is 10.5. The topological polar surface area (TPSA) is 63.9 Å². The Balaban J connectivity index is 2.40. The van der Waals surface area contributed by atoms with Gasteiger partial charge in [-0.3, -0.25) is 5.10 Å². The minimum absolute atomic E-state index is 0.350. The van der Waals surface area contributed by atoms with Crippen molar-refractivity contribution in [2.45, 2.75) is 6.92 Å². The average Bonchev–Trinajstić information content (AvgIpc) is 2.65. The summed E-state index contributed by atoms with van der Waals surface area (Å²) in [5.74, 6) is 0.480. The molecule has 0 saturated heterocycles. The number of hydrogen-bond donors (Lipinski definition) is 2. The summed E-state index contributed by atoms with van der Waals surface area (Å²) in [6, 6.07) is 4.67. The predicted octanol–water partition coefficient (Wildman–Crippen LogP) is 2.20. The van der Waals surface area contributed by atoms with Crippen LogP contribution >= 0.6 is 0 Å². The Morgan fingerprint density at radius 3 is 2.81 bits per heavy atom. The number of nitrogen functional groups attached to an aromatic ring is 1. The number of ether oxygens (including phenoxy) is 1. The second kappa shape index (κ2) is 4.22. The van der Waals surface area contributed by atoms with E-state index in [2.05, 4.69) is 10.2 Å². The van der Waals surface area contributed by atoms with Crippen molar-refractivity contribution >= 4 is 5.82 Å². The predicted molar refractivity (Wildman–Crippen MR) is 59.6 cm³/mol. The van der Waals surface area contributed by atoms with Gasteiger partial charge < -0.3 is 10.5 Å². The average molecular weight is 221 g/mol. The third kappa shape index (κ3) is 1.84. The van der Waals surface area contributed by atoms with Gasteiger partial charge in [0.05, 0.1) is 12.8 Å². The Hall–Kier alpha value is -2.04. The fraction of sp³-hybridized carbons (Fsp3) is 0.182. The van der Waals surface area contributed by atoms with Gasteiger partial charge in [-0.15, -0.1) is 0 Å². The summed E-state index contributed by atoms with van der Waals surface area (Å²) in [6.45, 7) is 2.35. The smallest absolute Gasteiger partial charge is 0.134 e. The van der Waals surface area contributed by atoms with Crippen molar-refractivity contribution in [1.29, 1.82) is 0 Å². The van der Waals surface area contributed by atoms with E-state index >= 15 is 0 Å². The number of rotatable bonds is 3. The van der Waals surface area contributed by atoms with Gasteiger partial charge in [0, 0.05) is 17.2 Å². The van der Waals surface area contributed by atoms with E-state index in [1.807, 2.05) is 6.92 Å². The van der Waals surface area contributed by atoms with Gasteiger partial charge in [-0.05, 0) is 19.1 Å². The molecule has 84 valence electrons. The lowest BCUT2D eigenvalue weighted by molar-refractivity contribution is 0.338. The molecule has 0 saturated carbocycles. The van der Waals surface area contributed by atoms with E-state index in [0.717, 1.165) is 0 Å². The first-order valence-electron chi connectivity index (χ1n) is 4.94. The summed E-state index contributed by atoms with van der Waals surface area (Å²) >= 11 is 0. The minimum atomic E-state index is -0.376. The summed E-state index contributed by atoms with van der Waals surface area (Å²) in [7, 11) is 0. The number of benzene rings is 1. The van der Waals surface area contributed by atoms with Gasteiger partial charge in [0.15, 0.2) is 0 Å². The molecule has 0 atom stereocenters. The number of H-pyrrole nitrogens is 1. The van der Waals surface area contributed by atoms with Crippen molar-refractivity contribution in [3.63, 3.8) is 0 Å². The van der Waals surface area contributed by atoms with E-state index in [1.165, 1.54) is 12.3 Å². The number of halogens is 1. The van der Waals surface area contributed by atoms with Crippen LogP contribution in [0.5, 0.6) is 5.75 Å². The molecule has 1 aromatic carbocycles. The molecule has 5 heteroatoms. The highest BCUT2D eigenvalue weighted by atomic mass is 19.1. The first-order chi connectivity index (χ1) is 7.72. The molecule has 2 aromatic rings. The molecule has 1 heterocycles. The monoisotopic (exact) mass is 221 g/mol. The quantitative estimate of drug-likeness (QED) is 0.835. The Kier molecular flexibility index (Phi) is 2.76. The number of nitrogens with one attached hydrogen (secondary N) is 1. The molecule has 1 aromatic heterocycles. The Morgan fingerprint density at radius 2 is 2.25 bits per heavy atom. The van der Waals surface area contributed by atoms with Crippen molar-refractivity contribution in [2.24, 2.45) is 0 Å². The van der Waals surface area contributed by atoms with Crippen LogP contribution in [0.3, 0.4) is 0 Å². The molecular weight excluding hydrogens is 209 g/mol. The molecule has 4 nitrogen and oxygen atoms in total. The van der Waals surface area contributed by atoms with Gasteiger partial charge in [-0.25, -0.2) is 4.39 Å². The van der Waals surface area contributed by atoms with Crippen LogP contribution in [-0.4, -0.2) is 16.8 Å². The molecule has 0 unspecified atom stereocenters. The molecule has 16 heavy (non-hydrogen) atoms. The van der Waals surface area contributed by atoms with E-state index in [9.17, 15) is 4.39 Å². The first-order valence-corrected chi connectivity index (χ1v) is 4.94. The largest absolute Gasteiger partial charge is 0.494 e. The zero-order valence-electron chi connectivity index (χ0n) is 8.83. The van der Waals surface area contributed by atoms with Crippen LogP contribution in [0.2, 0.25) is 0 Å². The summed E-state index contributed by atoms with van der Waals surface area (Å²) < 4.78 is 18.9. The molecule has 0 aliphatic heterocycles. The maximum Gasteiger partial charge on any atom is 0.134 e. The molecule has 0 bridgehead atoms. The van der Waals surface area contributed by atoms with Crippen LogP contribution in [0.15, 0.2) is 24.4 Å². The molecule has 0 spiro atoms. The van der Waals surface area contributed by atoms with Crippen molar-refractivity contribution in [1.82, 2.24) is 10.2 Å². The van der Waals surface area contributed by atoms with Crippen molar-refractivity contribution < 1.29 is 9.13 Å². The van der Waals surface area contributed by atoms with Crippen molar-refractivity contribution in [2.75, 3.05) is 12.3 Å². The zero-order chi connectivity index (χ0) is 11.5. The number of nitrogens with zero attached hydrogens (tertiary/aromatic N) is 1. The SMILES string of the molecule is CCOc1ccc(-c2cn[nH]c2N)c(F)c1. The molecule has 0 radical (unpaired) electrons. The number of nitrogens with two attached hydrogens (primary N) is 1. The van der Waals surface area contributed by atoms with Crippen LogP contribution in [0.4, 0.5) is 10.2 Å². The standard InChI is InChI=1S/C11H12FN3O/c1-2-16-7-3-4-8(10(12)5-7)9-6-14-15-11(9)13/h3-6H,2H2,1H3,(H3,13,14,15).